The summed E-state index contributed by atoms with van der Waals surface area (Å²) in [5.74, 6) is 0.439. The van der Waals surface area contributed by atoms with E-state index in [0.29, 0.717) is 10.8 Å². The van der Waals surface area contributed by atoms with Gasteiger partial charge in [-0.1, -0.05) is 42.0 Å². The lowest BCUT2D eigenvalue weighted by atomic mass is 10.0. The molecule has 1 N–H and O–H groups in total. The molecule has 0 radical (unpaired) electrons. The van der Waals surface area contributed by atoms with Gasteiger partial charge in [0.05, 0.1) is 11.8 Å². The standard InChI is InChI=1S/C19H20FNOS/c1-13-6-8-14(9-7-13)19(15-10-11-15)21-18(22)12-23-17-5-3-2-4-16(17)20/h2-9,15,19H,10-12H2,1H3,(H,21,22). The van der Waals surface area contributed by atoms with Gasteiger partial charge in [-0.05, 0) is 43.4 Å². The van der Waals surface area contributed by atoms with Gasteiger partial charge in [-0.25, -0.2) is 4.39 Å². The summed E-state index contributed by atoms with van der Waals surface area (Å²) in [7, 11) is 0. The van der Waals surface area contributed by atoms with Crippen molar-refractivity contribution in [3.05, 3.63) is 65.5 Å². The van der Waals surface area contributed by atoms with Gasteiger partial charge in [0, 0.05) is 4.90 Å². The van der Waals surface area contributed by atoms with Crippen molar-refractivity contribution in [2.24, 2.45) is 5.92 Å². The molecule has 23 heavy (non-hydrogen) atoms. The van der Waals surface area contributed by atoms with E-state index < -0.39 is 0 Å². The van der Waals surface area contributed by atoms with E-state index in [1.165, 1.54) is 23.4 Å². The van der Waals surface area contributed by atoms with Crippen molar-refractivity contribution in [1.29, 1.82) is 0 Å². The maximum absolute atomic E-state index is 13.6. The van der Waals surface area contributed by atoms with Crippen LogP contribution in [0.25, 0.3) is 0 Å². The predicted molar refractivity (Wildman–Crippen MR) is 91.9 cm³/mol. The molecule has 0 spiro atoms. The zero-order valence-electron chi connectivity index (χ0n) is 13.1. The van der Waals surface area contributed by atoms with Crippen LogP contribution in [-0.4, -0.2) is 11.7 Å². The van der Waals surface area contributed by atoms with Gasteiger partial charge >= 0.3 is 0 Å². The second kappa shape index (κ2) is 7.18. The zero-order valence-corrected chi connectivity index (χ0v) is 13.9. The average molecular weight is 329 g/mol. The van der Waals surface area contributed by atoms with Crippen LogP contribution in [0.5, 0.6) is 0 Å². The fourth-order valence-corrected chi connectivity index (χ4v) is 3.35. The summed E-state index contributed by atoms with van der Waals surface area (Å²) in [6.45, 7) is 2.06. The van der Waals surface area contributed by atoms with Gasteiger partial charge < -0.3 is 5.32 Å². The SMILES string of the molecule is Cc1ccc(C(NC(=O)CSc2ccccc2F)C2CC2)cc1. The molecule has 1 amide bonds. The molecule has 1 aliphatic rings. The third kappa shape index (κ3) is 4.35. The third-order valence-corrected chi connectivity index (χ3v) is 5.09. The average Bonchev–Trinajstić information content (AvgIpc) is 3.38. The first kappa shape index (κ1) is 16.1. The summed E-state index contributed by atoms with van der Waals surface area (Å²) in [4.78, 5) is 12.8. The van der Waals surface area contributed by atoms with Crippen molar-refractivity contribution < 1.29 is 9.18 Å². The highest BCUT2D eigenvalue weighted by atomic mass is 32.2. The first-order valence-electron chi connectivity index (χ1n) is 7.87. The number of thioether (sulfide) groups is 1. The molecule has 0 saturated heterocycles. The van der Waals surface area contributed by atoms with E-state index in [-0.39, 0.29) is 23.5 Å². The molecule has 0 aromatic heterocycles. The lowest BCUT2D eigenvalue weighted by Crippen LogP contribution is -2.31. The van der Waals surface area contributed by atoms with Gasteiger partial charge in [0.1, 0.15) is 5.82 Å². The number of halogens is 1. The van der Waals surface area contributed by atoms with Crippen molar-refractivity contribution in [2.75, 3.05) is 5.75 Å². The Kier molecular flexibility index (Phi) is 5.01. The quantitative estimate of drug-likeness (QED) is 0.791. The van der Waals surface area contributed by atoms with Crippen LogP contribution in [0.1, 0.15) is 30.0 Å². The number of amides is 1. The Morgan fingerprint density at radius 3 is 2.57 bits per heavy atom. The Labute approximate surface area is 140 Å². The lowest BCUT2D eigenvalue weighted by Gasteiger charge is -2.19. The van der Waals surface area contributed by atoms with Gasteiger partial charge in [-0.3, -0.25) is 4.79 Å². The van der Waals surface area contributed by atoms with E-state index in [0.717, 1.165) is 18.4 Å². The Hall–Kier alpha value is -1.81. The molecule has 2 nitrogen and oxygen atoms in total. The monoisotopic (exact) mass is 329 g/mol. The number of nitrogens with one attached hydrogen (secondary N) is 1. The van der Waals surface area contributed by atoms with Gasteiger partial charge in [-0.15, -0.1) is 11.8 Å². The van der Waals surface area contributed by atoms with E-state index in [1.807, 2.05) is 0 Å². The highest BCUT2D eigenvalue weighted by Crippen LogP contribution is 2.41. The second-order valence-corrected chi connectivity index (χ2v) is 7.03. The first-order valence-corrected chi connectivity index (χ1v) is 8.85. The Morgan fingerprint density at radius 1 is 1.22 bits per heavy atom. The molecule has 1 atom stereocenters. The second-order valence-electron chi connectivity index (χ2n) is 6.01. The third-order valence-electron chi connectivity index (χ3n) is 4.04. The van der Waals surface area contributed by atoms with Crippen LogP contribution in [0, 0.1) is 18.7 Å². The molecule has 2 aromatic rings. The maximum Gasteiger partial charge on any atom is 0.230 e. The fraction of sp³-hybridized carbons (Fsp3) is 0.316. The topological polar surface area (TPSA) is 29.1 Å². The smallest absolute Gasteiger partial charge is 0.230 e. The minimum absolute atomic E-state index is 0.0456. The number of aryl methyl sites for hydroxylation is 1. The zero-order chi connectivity index (χ0) is 16.2. The highest BCUT2D eigenvalue weighted by Gasteiger charge is 2.33. The molecule has 0 bridgehead atoms. The molecule has 1 aliphatic carbocycles. The van der Waals surface area contributed by atoms with Crippen molar-refractivity contribution in [1.82, 2.24) is 5.32 Å². The number of rotatable bonds is 6. The van der Waals surface area contributed by atoms with Crippen LogP contribution in [0.4, 0.5) is 4.39 Å². The number of carbonyl (C=O) groups excluding carboxylic acids is 1. The first-order chi connectivity index (χ1) is 11.1. The molecular weight excluding hydrogens is 309 g/mol. The summed E-state index contributed by atoms with van der Waals surface area (Å²) in [5, 5.41) is 3.12. The van der Waals surface area contributed by atoms with Crippen LogP contribution < -0.4 is 5.32 Å². The van der Waals surface area contributed by atoms with E-state index in [9.17, 15) is 9.18 Å². The van der Waals surface area contributed by atoms with E-state index in [1.54, 1.807) is 18.2 Å². The Balaban J connectivity index is 1.61. The minimum Gasteiger partial charge on any atom is -0.348 e. The molecule has 120 valence electrons. The molecule has 3 rings (SSSR count). The molecular formula is C19H20FNOS. The lowest BCUT2D eigenvalue weighted by molar-refractivity contribution is -0.119. The number of carbonyl (C=O) groups is 1. The van der Waals surface area contributed by atoms with Gasteiger partial charge in [0.25, 0.3) is 0 Å². The Morgan fingerprint density at radius 2 is 1.91 bits per heavy atom. The minimum atomic E-state index is -0.275. The summed E-state index contributed by atoms with van der Waals surface area (Å²) >= 11 is 1.24. The van der Waals surface area contributed by atoms with Crippen LogP contribution in [-0.2, 0) is 4.79 Å². The van der Waals surface area contributed by atoms with Crippen molar-refractivity contribution in [3.8, 4) is 0 Å². The van der Waals surface area contributed by atoms with Crippen LogP contribution in [0.15, 0.2) is 53.4 Å². The van der Waals surface area contributed by atoms with Crippen molar-refractivity contribution >= 4 is 17.7 Å². The summed E-state index contributed by atoms with van der Waals surface area (Å²) < 4.78 is 13.6. The number of hydrogen-bond acceptors (Lipinski definition) is 2. The van der Waals surface area contributed by atoms with Gasteiger partial charge in [-0.2, -0.15) is 0 Å². The predicted octanol–water partition coefficient (Wildman–Crippen LogP) is 4.49. The maximum atomic E-state index is 13.6. The summed E-state index contributed by atoms with van der Waals surface area (Å²) in [6, 6.07) is 14.9. The number of hydrogen-bond donors (Lipinski definition) is 1. The molecule has 0 heterocycles. The summed E-state index contributed by atoms with van der Waals surface area (Å²) in [6.07, 6.45) is 2.30. The van der Waals surface area contributed by atoms with Crippen molar-refractivity contribution in [2.45, 2.75) is 30.7 Å². The normalized spacial score (nSPS) is 15.2. The fourth-order valence-electron chi connectivity index (χ4n) is 2.60. The molecule has 0 aliphatic heterocycles. The van der Waals surface area contributed by atoms with Gasteiger partial charge in [0.15, 0.2) is 0 Å². The van der Waals surface area contributed by atoms with E-state index >= 15 is 0 Å². The highest BCUT2D eigenvalue weighted by molar-refractivity contribution is 8.00. The molecule has 1 unspecified atom stereocenters. The molecule has 1 saturated carbocycles. The number of benzene rings is 2. The largest absolute Gasteiger partial charge is 0.348 e. The molecule has 1 fully saturated rings. The molecule has 4 heteroatoms. The van der Waals surface area contributed by atoms with Crippen LogP contribution in [0.2, 0.25) is 0 Å². The van der Waals surface area contributed by atoms with E-state index in [2.05, 4.69) is 36.5 Å². The molecule has 2 aromatic carbocycles. The Bertz CT molecular complexity index is 682. The van der Waals surface area contributed by atoms with Crippen LogP contribution >= 0.6 is 11.8 Å². The van der Waals surface area contributed by atoms with E-state index in [4.69, 9.17) is 0 Å². The van der Waals surface area contributed by atoms with Crippen molar-refractivity contribution in [3.63, 3.8) is 0 Å². The summed E-state index contributed by atoms with van der Waals surface area (Å²) in [5.41, 5.74) is 2.37. The van der Waals surface area contributed by atoms with Gasteiger partial charge in [0.2, 0.25) is 5.91 Å². The van der Waals surface area contributed by atoms with Crippen LogP contribution in [0.3, 0.4) is 0 Å².